The van der Waals surface area contributed by atoms with Crippen molar-refractivity contribution >= 4 is 23.2 Å². The van der Waals surface area contributed by atoms with Gasteiger partial charge in [-0.1, -0.05) is 0 Å². The second kappa shape index (κ2) is 6.27. The quantitative estimate of drug-likeness (QED) is 0.925. The molecule has 1 aromatic heterocycles. The lowest BCUT2D eigenvalue weighted by Crippen LogP contribution is -2.35. The summed E-state index contributed by atoms with van der Waals surface area (Å²) in [6.07, 6.45) is 8.42. The molecule has 0 spiro atoms. The second-order valence-corrected chi connectivity index (χ2v) is 8.27. The maximum atomic E-state index is 12.6. The number of carbonyl (C=O) groups is 2. The first-order valence-corrected chi connectivity index (χ1v) is 9.73. The van der Waals surface area contributed by atoms with Gasteiger partial charge in [-0.05, 0) is 63.0 Å². The largest absolute Gasteiger partial charge is 0.353 e. The van der Waals surface area contributed by atoms with Gasteiger partial charge in [-0.25, -0.2) is 0 Å². The van der Waals surface area contributed by atoms with Crippen LogP contribution in [0.2, 0.25) is 0 Å². The molecule has 2 heterocycles. The standard InChI is InChI=1S/C18H24N2O2S/c21-17(19-14-5-6-14)12-4-7-15-13(10-12)11-16(23-15)18(22)20-8-2-1-3-9-20/h11-12,14H,1-10H2,(H,19,21)/t12-/m0/s1. The Hall–Kier alpha value is -1.36. The van der Waals surface area contributed by atoms with Gasteiger partial charge in [0.05, 0.1) is 4.88 Å². The summed E-state index contributed by atoms with van der Waals surface area (Å²) in [7, 11) is 0. The molecule has 2 aliphatic carbocycles. The fraction of sp³-hybridized carbons (Fsp3) is 0.667. The first-order valence-electron chi connectivity index (χ1n) is 8.92. The van der Waals surface area contributed by atoms with Gasteiger partial charge >= 0.3 is 0 Å². The summed E-state index contributed by atoms with van der Waals surface area (Å²) in [5.41, 5.74) is 1.23. The van der Waals surface area contributed by atoms with E-state index in [4.69, 9.17) is 0 Å². The number of rotatable bonds is 3. The summed E-state index contributed by atoms with van der Waals surface area (Å²) in [5, 5.41) is 3.12. The summed E-state index contributed by atoms with van der Waals surface area (Å²) >= 11 is 1.65. The fourth-order valence-corrected chi connectivity index (χ4v) is 4.83. The third-order valence-corrected chi connectivity index (χ3v) is 6.46. The van der Waals surface area contributed by atoms with Crippen molar-refractivity contribution in [2.45, 2.75) is 57.4 Å². The number of hydrogen-bond donors (Lipinski definition) is 1. The van der Waals surface area contributed by atoms with Crippen LogP contribution >= 0.6 is 11.3 Å². The van der Waals surface area contributed by atoms with Crippen molar-refractivity contribution in [3.8, 4) is 0 Å². The third kappa shape index (κ3) is 3.30. The van der Waals surface area contributed by atoms with Crippen LogP contribution in [0.25, 0.3) is 0 Å². The number of fused-ring (bicyclic) bond motifs is 1. The fourth-order valence-electron chi connectivity index (χ4n) is 3.65. The lowest BCUT2D eigenvalue weighted by molar-refractivity contribution is -0.125. The van der Waals surface area contributed by atoms with E-state index < -0.39 is 0 Å². The molecule has 4 rings (SSSR count). The van der Waals surface area contributed by atoms with Crippen molar-refractivity contribution in [1.29, 1.82) is 0 Å². The molecule has 0 aromatic carbocycles. The average molecular weight is 332 g/mol. The Balaban J connectivity index is 1.44. The lowest BCUT2D eigenvalue weighted by Gasteiger charge is -2.26. The molecule has 2 fully saturated rings. The molecule has 0 radical (unpaired) electrons. The third-order valence-electron chi connectivity index (χ3n) is 5.23. The van der Waals surface area contributed by atoms with E-state index in [2.05, 4.69) is 11.4 Å². The number of piperidine rings is 1. The lowest BCUT2D eigenvalue weighted by atomic mass is 9.87. The molecular formula is C18H24N2O2S. The van der Waals surface area contributed by atoms with Crippen LogP contribution in [-0.2, 0) is 17.6 Å². The predicted octanol–water partition coefficient (Wildman–Crippen LogP) is 2.76. The Kier molecular flexibility index (Phi) is 4.14. The summed E-state index contributed by atoms with van der Waals surface area (Å²) < 4.78 is 0. The molecule has 1 saturated carbocycles. The predicted molar refractivity (Wildman–Crippen MR) is 90.8 cm³/mol. The first-order chi connectivity index (χ1) is 11.2. The second-order valence-electron chi connectivity index (χ2n) is 7.13. The molecular weight excluding hydrogens is 308 g/mol. The molecule has 5 heteroatoms. The van der Waals surface area contributed by atoms with Gasteiger partial charge in [0.2, 0.25) is 5.91 Å². The highest BCUT2D eigenvalue weighted by Crippen LogP contribution is 2.34. The van der Waals surface area contributed by atoms with Gasteiger partial charge in [0, 0.05) is 29.9 Å². The molecule has 23 heavy (non-hydrogen) atoms. The average Bonchev–Trinajstić information content (AvgIpc) is 3.29. The maximum Gasteiger partial charge on any atom is 0.263 e. The number of amides is 2. The molecule has 1 aromatic rings. The van der Waals surface area contributed by atoms with Crippen molar-refractivity contribution < 1.29 is 9.59 Å². The molecule has 0 unspecified atom stereocenters. The van der Waals surface area contributed by atoms with Crippen LogP contribution in [0.4, 0.5) is 0 Å². The Morgan fingerprint density at radius 2 is 1.91 bits per heavy atom. The highest BCUT2D eigenvalue weighted by molar-refractivity contribution is 7.14. The van der Waals surface area contributed by atoms with Crippen LogP contribution in [0.15, 0.2) is 6.07 Å². The van der Waals surface area contributed by atoms with Gasteiger partial charge in [-0.15, -0.1) is 11.3 Å². The van der Waals surface area contributed by atoms with E-state index in [0.717, 1.165) is 62.9 Å². The molecule has 4 nitrogen and oxygen atoms in total. The van der Waals surface area contributed by atoms with Crippen LogP contribution in [0, 0.1) is 5.92 Å². The van der Waals surface area contributed by atoms with Crippen molar-refractivity contribution in [1.82, 2.24) is 10.2 Å². The zero-order chi connectivity index (χ0) is 15.8. The summed E-state index contributed by atoms with van der Waals surface area (Å²) in [4.78, 5) is 29.1. The van der Waals surface area contributed by atoms with Crippen molar-refractivity contribution in [3.05, 3.63) is 21.4 Å². The highest BCUT2D eigenvalue weighted by atomic mass is 32.1. The van der Waals surface area contributed by atoms with E-state index in [-0.39, 0.29) is 17.7 Å². The minimum absolute atomic E-state index is 0.0932. The number of likely N-dealkylation sites (tertiary alicyclic amines) is 1. The van der Waals surface area contributed by atoms with E-state index in [1.807, 2.05) is 4.90 Å². The number of hydrogen-bond acceptors (Lipinski definition) is 3. The van der Waals surface area contributed by atoms with E-state index in [0.29, 0.717) is 6.04 Å². The molecule has 124 valence electrons. The Labute approximate surface area is 141 Å². The van der Waals surface area contributed by atoms with Crippen molar-refractivity contribution in [2.24, 2.45) is 5.92 Å². The molecule has 1 aliphatic heterocycles. The van der Waals surface area contributed by atoms with Crippen molar-refractivity contribution in [2.75, 3.05) is 13.1 Å². The zero-order valence-electron chi connectivity index (χ0n) is 13.5. The number of nitrogens with zero attached hydrogens (tertiary/aromatic N) is 1. The van der Waals surface area contributed by atoms with E-state index >= 15 is 0 Å². The van der Waals surface area contributed by atoms with E-state index in [1.165, 1.54) is 16.9 Å². The summed E-state index contributed by atoms with van der Waals surface area (Å²) in [6, 6.07) is 2.50. The normalized spacial score (nSPS) is 24.2. The van der Waals surface area contributed by atoms with Crippen LogP contribution in [0.5, 0.6) is 0 Å². The van der Waals surface area contributed by atoms with Gasteiger partial charge in [0.15, 0.2) is 0 Å². The summed E-state index contributed by atoms with van der Waals surface area (Å²) in [6.45, 7) is 1.79. The minimum Gasteiger partial charge on any atom is -0.353 e. The summed E-state index contributed by atoms with van der Waals surface area (Å²) in [5.74, 6) is 0.506. The Morgan fingerprint density at radius 3 is 2.65 bits per heavy atom. The van der Waals surface area contributed by atoms with Gasteiger partial charge in [0.1, 0.15) is 0 Å². The SMILES string of the molecule is O=C(NC1CC1)[C@H]1CCc2sc(C(=O)N3CCCCC3)cc2C1. The van der Waals surface area contributed by atoms with Crippen LogP contribution < -0.4 is 5.32 Å². The Bertz CT molecular complexity index is 615. The zero-order valence-corrected chi connectivity index (χ0v) is 14.3. The van der Waals surface area contributed by atoms with Gasteiger partial charge in [0.25, 0.3) is 5.91 Å². The topological polar surface area (TPSA) is 49.4 Å². The number of thiophene rings is 1. The van der Waals surface area contributed by atoms with Crippen LogP contribution in [-0.4, -0.2) is 35.8 Å². The molecule has 2 amide bonds. The smallest absolute Gasteiger partial charge is 0.263 e. The maximum absolute atomic E-state index is 12.6. The van der Waals surface area contributed by atoms with Gasteiger partial charge in [-0.2, -0.15) is 0 Å². The van der Waals surface area contributed by atoms with Gasteiger partial charge < -0.3 is 10.2 Å². The molecule has 1 atom stereocenters. The van der Waals surface area contributed by atoms with Gasteiger partial charge in [-0.3, -0.25) is 9.59 Å². The highest BCUT2D eigenvalue weighted by Gasteiger charge is 2.31. The molecule has 3 aliphatic rings. The van der Waals surface area contributed by atoms with Crippen molar-refractivity contribution in [3.63, 3.8) is 0 Å². The number of nitrogens with one attached hydrogen (secondary N) is 1. The van der Waals surface area contributed by atoms with E-state index in [1.54, 1.807) is 11.3 Å². The molecule has 1 N–H and O–H groups in total. The minimum atomic E-state index is 0.0932. The molecule has 1 saturated heterocycles. The van der Waals surface area contributed by atoms with Crippen LogP contribution in [0.1, 0.15) is 58.6 Å². The first kappa shape index (κ1) is 15.2. The Morgan fingerprint density at radius 1 is 1.13 bits per heavy atom. The van der Waals surface area contributed by atoms with Crippen LogP contribution in [0.3, 0.4) is 0 Å². The number of carbonyl (C=O) groups excluding carboxylic acids is 2. The van der Waals surface area contributed by atoms with E-state index in [9.17, 15) is 9.59 Å². The number of aryl methyl sites for hydroxylation is 1. The molecule has 0 bridgehead atoms. The monoisotopic (exact) mass is 332 g/mol.